The van der Waals surface area contributed by atoms with Gasteiger partial charge in [-0.2, -0.15) is 0 Å². The Bertz CT molecular complexity index is 404. The van der Waals surface area contributed by atoms with Crippen molar-refractivity contribution in [1.29, 1.82) is 0 Å². The topological polar surface area (TPSA) is 75.6 Å². The van der Waals surface area contributed by atoms with Crippen molar-refractivity contribution in [2.45, 2.75) is 19.4 Å². The van der Waals surface area contributed by atoms with E-state index < -0.39 is 17.4 Å². The number of carbonyl (C=O) groups is 2. The van der Waals surface area contributed by atoms with Crippen LogP contribution in [0.3, 0.4) is 0 Å². The van der Waals surface area contributed by atoms with E-state index in [1.807, 2.05) is 6.07 Å². The number of aliphatic carboxylic acids is 1. The lowest BCUT2D eigenvalue weighted by atomic mass is 10.0. The van der Waals surface area contributed by atoms with Crippen LogP contribution in [0, 0.1) is 0 Å². The van der Waals surface area contributed by atoms with Crippen LogP contribution in [-0.4, -0.2) is 29.1 Å². The molecule has 5 nitrogen and oxygen atoms in total. The number of nitrogens with one attached hydrogen (secondary N) is 1. The molecule has 0 radical (unpaired) electrons. The molecule has 1 aromatic rings. The van der Waals surface area contributed by atoms with Crippen LogP contribution in [0.4, 0.5) is 0 Å². The molecular weight excluding hydrogens is 222 g/mol. The van der Waals surface area contributed by atoms with E-state index in [-0.39, 0.29) is 6.61 Å². The summed E-state index contributed by atoms with van der Waals surface area (Å²) in [6, 6.07) is 8.83. The Morgan fingerprint density at radius 2 is 1.94 bits per heavy atom. The molecule has 0 aliphatic heterocycles. The summed E-state index contributed by atoms with van der Waals surface area (Å²) in [5.74, 6) is -0.986. The maximum Gasteiger partial charge on any atom is 0.332 e. The second kappa shape index (κ2) is 5.34. The van der Waals surface area contributed by atoms with E-state index in [2.05, 4.69) is 5.32 Å². The van der Waals surface area contributed by atoms with Gasteiger partial charge in [-0.05, 0) is 19.1 Å². The Morgan fingerprint density at radius 1 is 1.35 bits per heavy atom. The molecule has 2 N–H and O–H groups in total. The quantitative estimate of drug-likeness (QED) is 0.802. The minimum Gasteiger partial charge on any atom is -0.491 e. The monoisotopic (exact) mass is 237 g/mol. The van der Waals surface area contributed by atoms with Crippen LogP contribution in [0.25, 0.3) is 0 Å². The molecule has 17 heavy (non-hydrogen) atoms. The molecule has 1 aromatic carbocycles. The summed E-state index contributed by atoms with van der Waals surface area (Å²) in [6.45, 7) is 2.54. The highest BCUT2D eigenvalue weighted by atomic mass is 16.5. The Morgan fingerprint density at radius 3 is 2.41 bits per heavy atom. The summed E-state index contributed by atoms with van der Waals surface area (Å²) < 4.78 is 5.34. The van der Waals surface area contributed by atoms with Crippen molar-refractivity contribution in [3.63, 3.8) is 0 Å². The lowest BCUT2D eigenvalue weighted by Gasteiger charge is -2.25. The van der Waals surface area contributed by atoms with Crippen molar-refractivity contribution < 1.29 is 19.4 Å². The highest BCUT2D eigenvalue weighted by molar-refractivity contribution is 5.85. The van der Waals surface area contributed by atoms with Crippen molar-refractivity contribution in [3.05, 3.63) is 30.3 Å². The van der Waals surface area contributed by atoms with Gasteiger partial charge in [0.1, 0.15) is 12.4 Å². The molecule has 1 unspecified atom stereocenters. The van der Waals surface area contributed by atoms with E-state index in [1.165, 1.54) is 13.8 Å². The minimum absolute atomic E-state index is 0.133. The van der Waals surface area contributed by atoms with Gasteiger partial charge in [0.05, 0.1) is 0 Å². The van der Waals surface area contributed by atoms with Gasteiger partial charge >= 0.3 is 5.97 Å². The highest BCUT2D eigenvalue weighted by Crippen LogP contribution is 2.12. The molecule has 1 amide bonds. The molecule has 5 heteroatoms. The fourth-order valence-corrected chi connectivity index (χ4v) is 1.28. The summed E-state index contributed by atoms with van der Waals surface area (Å²) in [5, 5.41) is 11.4. The van der Waals surface area contributed by atoms with E-state index in [4.69, 9.17) is 9.84 Å². The third-order valence-electron chi connectivity index (χ3n) is 2.19. The summed E-state index contributed by atoms with van der Waals surface area (Å²) in [7, 11) is 0. The maximum absolute atomic E-state index is 11.1. The lowest BCUT2D eigenvalue weighted by Crippen LogP contribution is -2.55. The number of amides is 1. The Kier molecular flexibility index (Phi) is 4.09. The van der Waals surface area contributed by atoms with Crippen molar-refractivity contribution in [2.24, 2.45) is 0 Å². The summed E-state index contributed by atoms with van der Waals surface area (Å²) in [5.41, 5.74) is -1.43. The van der Waals surface area contributed by atoms with E-state index in [9.17, 15) is 9.59 Å². The number of carboxylic acids is 1. The molecule has 1 atom stereocenters. The molecule has 0 aromatic heterocycles. The van der Waals surface area contributed by atoms with Gasteiger partial charge in [0.15, 0.2) is 5.54 Å². The summed E-state index contributed by atoms with van der Waals surface area (Å²) >= 11 is 0. The van der Waals surface area contributed by atoms with Gasteiger partial charge in [-0.25, -0.2) is 4.79 Å². The van der Waals surface area contributed by atoms with Crippen LogP contribution in [0.5, 0.6) is 5.75 Å². The predicted octanol–water partition coefficient (Wildman–Crippen LogP) is 1.04. The molecule has 0 saturated heterocycles. The molecule has 0 spiro atoms. The fraction of sp³-hybridized carbons (Fsp3) is 0.333. The zero-order valence-electron chi connectivity index (χ0n) is 9.77. The summed E-state index contributed by atoms with van der Waals surface area (Å²) in [6.07, 6.45) is 0. The number of para-hydroxylation sites is 1. The van der Waals surface area contributed by atoms with Gasteiger partial charge in [-0.1, -0.05) is 18.2 Å². The molecular formula is C12H15NO4. The zero-order chi connectivity index (χ0) is 12.9. The molecule has 0 aliphatic rings. The lowest BCUT2D eigenvalue weighted by molar-refractivity contribution is -0.148. The van der Waals surface area contributed by atoms with Crippen LogP contribution in [0.1, 0.15) is 13.8 Å². The third-order valence-corrected chi connectivity index (χ3v) is 2.19. The molecule has 92 valence electrons. The number of hydrogen-bond donors (Lipinski definition) is 2. The van der Waals surface area contributed by atoms with Crippen LogP contribution < -0.4 is 10.1 Å². The van der Waals surface area contributed by atoms with Crippen molar-refractivity contribution in [2.75, 3.05) is 6.61 Å². The largest absolute Gasteiger partial charge is 0.491 e. The Hall–Kier alpha value is -2.04. The second-order valence-corrected chi connectivity index (χ2v) is 3.92. The fourth-order valence-electron chi connectivity index (χ4n) is 1.28. The van der Waals surface area contributed by atoms with E-state index in [1.54, 1.807) is 24.3 Å². The average molecular weight is 237 g/mol. The SMILES string of the molecule is CC(=O)NC(C)(COc1ccccc1)C(=O)O. The van der Waals surface area contributed by atoms with Crippen LogP contribution >= 0.6 is 0 Å². The molecule has 0 bridgehead atoms. The van der Waals surface area contributed by atoms with Crippen molar-refractivity contribution in [3.8, 4) is 5.75 Å². The minimum atomic E-state index is -1.43. The van der Waals surface area contributed by atoms with Crippen LogP contribution in [-0.2, 0) is 9.59 Å². The van der Waals surface area contributed by atoms with Gasteiger partial charge in [-0.3, -0.25) is 4.79 Å². The second-order valence-electron chi connectivity index (χ2n) is 3.92. The van der Waals surface area contributed by atoms with E-state index in [0.717, 1.165) is 0 Å². The van der Waals surface area contributed by atoms with Gasteiger partial charge in [0, 0.05) is 6.92 Å². The average Bonchev–Trinajstić information content (AvgIpc) is 2.27. The standard InChI is InChI=1S/C12H15NO4/c1-9(14)13-12(2,11(15)16)8-17-10-6-4-3-5-7-10/h3-7H,8H2,1-2H3,(H,13,14)(H,15,16). The zero-order valence-corrected chi connectivity index (χ0v) is 9.77. The maximum atomic E-state index is 11.1. The number of carboxylic acid groups (broad SMARTS) is 1. The number of carbonyl (C=O) groups excluding carboxylic acids is 1. The Balaban J connectivity index is 2.68. The van der Waals surface area contributed by atoms with Crippen molar-refractivity contribution >= 4 is 11.9 Å². The van der Waals surface area contributed by atoms with E-state index >= 15 is 0 Å². The predicted molar refractivity (Wildman–Crippen MR) is 61.8 cm³/mol. The first-order valence-electron chi connectivity index (χ1n) is 5.14. The van der Waals surface area contributed by atoms with Gasteiger partial charge in [-0.15, -0.1) is 0 Å². The van der Waals surface area contributed by atoms with Crippen molar-refractivity contribution in [1.82, 2.24) is 5.32 Å². The molecule has 0 fully saturated rings. The smallest absolute Gasteiger partial charge is 0.332 e. The Labute approximate surface area is 99.4 Å². The third kappa shape index (κ3) is 3.79. The summed E-state index contributed by atoms with van der Waals surface area (Å²) in [4.78, 5) is 22.0. The van der Waals surface area contributed by atoms with Gasteiger partial charge < -0.3 is 15.2 Å². The first-order chi connectivity index (χ1) is 7.94. The first-order valence-corrected chi connectivity index (χ1v) is 5.14. The normalized spacial score (nSPS) is 13.5. The molecule has 0 saturated carbocycles. The number of rotatable bonds is 5. The number of benzene rings is 1. The van der Waals surface area contributed by atoms with Crippen LogP contribution in [0.15, 0.2) is 30.3 Å². The highest BCUT2D eigenvalue weighted by Gasteiger charge is 2.35. The van der Waals surface area contributed by atoms with Gasteiger partial charge in [0.2, 0.25) is 5.91 Å². The molecule has 1 rings (SSSR count). The number of hydrogen-bond acceptors (Lipinski definition) is 3. The van der Waals surface area contributed by atoms with Gasteiger partial charge in [0.25, 0.3) is 0 Å². The van der Waals surface area contributed by atoms with Crippen LogP contribution in [0.2, 0.25) is 0 Å². The molecule has 0 aliphatic carbocycles. The number of ether oxygens (including phenoxy) is 1. The first kappa shape index (κ1) is 13.0. The van der Waals surface area contributed by atoms with E-state index in [0.29, 0.717) is 5.75 Å². The molecule has 0 heterocycles.